The lowest BCUT2D eigenvalue weighted by Gasteiger charge is -2.16. The number of aliphatic hydroxyl groups is 2. The summed E-state index contributed by atoms with van der Waals surface area (Å²) in [7, 11) is 0. The van der Waals surface area contributed by atoms with E-state index in [4.69, 9.17) is 10.5 Å². The quantitative estimate of drug-likeness (QED) is 0.501. The molecule has 0 amide bonds. The van der Waals surface area contributed by atoms with E-state index in [2.05, 4.69) is 4.98 Å². The molecular formula is C8H11N3O4. The van der Waals surface area contributed by atoms with Gasteiger partial charge in [-0.1, -0.05) is 0 Å². The minimum absolute atomic E-state index is 0.0113. The number of nitrogen functional groups attached to an aromatic ring is 1. The van der Waals surface area contributed by atoms with Gasteiger partial charge in [-0.2, -0.15) is 4.98 Å². The van der Waals surface area contributed by atoms with Crippen molar-refractivity contribution in [2.24, 2.45) is 0 Å². The standard InChI is InChI=1S/C8H11N3O4/c9-5-1-2-11(8(14)10-5)7-6(13)4(12)3-15-7/h1-2,4,6-7,12-13H,3H2,(H2,9,10,14)/t4-,6+,7-/m1/s1. The molecule has 2 rings (SSSR count). The molecule has 1 aromatic heterocycles. The van der Waals surface area contributed by atoms with E-state index in [1.165, 1.54) is 12.3 Å². The van der Waals surface area contributed by atoms with Crippen molar-refractivity contribution in [3.8, 4) is 0 Å². The Labute approximate surface area is 84.7 Å². The first kappa shape index (κ1) is 10.1. The van der Waals surface area contributed by atoms with Crippen molar-refractivity contribution in [2.45, 2.75) is 18.4 Å². The summed E-state index contributed by atoms with van der Waals surface area (Å²) in [5, 5.41) is 18.8. The summed E-state index contributed by atoms with van der Waals surface area (Å²) in [4.78, 5) is 14.9. The van der Waals surface area contributed by atoms with Gasteiger partial charge >= 0.3 is 5.69 Å². The summed E-state index contributed by atoms with van der Waals surface area (Å²) in [6.07, 6.45) is -1.65. The zero-order chi connectivity index (χ0) is 11.0. The van der Waals surface area contributed by atoms with Crippen LogP contribution in [0.3, 0.4) is 0 Å². The second kappa shape index (κ2) is 3.61. The highest BCUT2D eigenvalue weighted by Gasteiger charge is 2.36. The Morgan fingerprint density at radius 1 is 1.60 bits per heavy atom. The Morgan fingerprint density at radius 2 is 2.33 bits per heavy atom. The van der Waals surface area contributed by atoms with E-state index in [-0.39, 0.29) is 12.4 Å². The average molecular weight is 213 g/mol. The second-order valence-corrected chi connectivity index (χ2v) is 3.32. The lowest BCUT2D eigenvalue weighted by molar-refractivity contribution is -0.0211. The monoisotopic (exact) mass is 213 g/mol. The molecule has 82 valence electrons. The van der Waals surface area contributed by atoms with Gasteiger partial charge in [0.25, 0.3) is 0 Å². The third kappa shape index (κ3) is 1.72. The summed E-state index contributed by atoms with van der Waals surface area (Å²) in [5.41, 5.74) is 4.69. The summed E-state index contributed by atoms with van der Waals surface area (Å²) in [6, 6.07) is 1.42. The number of ether oxygens (including phenoxy) is 1. The van der Waals surface area contributed by atoms with Gasteiger partial charge in [-0.25, -0.2) is 4.79 Å². The molecule has 0 saturated carbocycles. The smallest absolute Gasteiger partial charge is 0.351 e. The molecular weight excluding hydrogens is 202 g/mol. The van der Waals surface area contributed by atoms with E-state index in [1.54, 1.807) is 0 Å². The minimum Gasteiger partial charge on any atom is -0.388 e. The van der Waals surface area contributed by atoms with Gasteiger partial charge in [0.15, 0.2) is 6.23 Å². The van der Waals surface area contributed by atoms with E-state index >= 15 is 0 Å². The van der Waals surface area contributed by atoms with Gasteiger partial charge in [0.1, 0.15) is 18.0 Å². The fourth-order valence-electron chi connectivity index (χ4n) is 1.45. The van der Waals surface area contributed by atoms with Crippen LogP contribution in [0.2, 0.25) is 0 Å². The van der Waals surface area contributed by atoms with E-state index in [9.17, 15) is 15.0 Å². The Bertz CT molecular complexity index is 419. The van der Waals surface area contributed by atoms with Crippen molar-refractivity contribution >= 4 is 5.82 Å². The SMILES string of the molecule is Nc1ccn([C@@H]2OC[C@@H](O)[C@@H]2O)c(=O)n1. The third-order valence-electron chi connectivity index (χ3n) is 2.25. The van der Waals surface area contributed by atoms with Crippen molar-refractivity contribution in [1.82, 2.24) is 9.55 Å². The van der Waals surface area contributed by atoms with Crippen LogP contribution in [0.25, 0.3) is 0 Å². The first-order valence-corrected chi connectivity index (χ1v) is 4.42. The van der Waals surface area contributed by atoms with Gasteiger partial charge in [0.05, 0.1) is 6.61 Å². The number of aliphatic hydroxyl groups excluding tert-OH is 2. The molecule has 1 aliphatic rings. The van der Waals surface area contributed by atoms with Crippen LogP contribution >= 0.6 is 0 Å². The number of nitrogens with two attached hydrogens (primary N) is 1. The summed E-state index contributed by atoms with van der Waals surface area (Å²) in [6.45, 7) is -0.0113. The summed E-state index contributed by atoms with van der Waals surface area (Å²) in [5.74, 6) is 0.101. The molecule has 0 aliphatic carbocycles. The van der Waals surface area contributed by atoms with Crippen molar-refractivity contribution in [1.29, 1.82) is 0 Å². The first-order valence-electron chi connectivity index (χ1n) is 4.42. The van der Waals surface area contributed by atoms with Crippen LogP contribution in [0.15, 0.2) is 17.1 Å². The summed E-state index contributed by atoms with van der Waals surface area (Å²) < 4.78 is 6.16. The molecule has 0 radical (unpaired) electrons. The van der Waals surface area contributed by atoms with Crippen molar-refractivity contribution in [3.05, 3.63) is 22.7 Å². The van der Waals surface area contributed by atoms with E-state index < -0.39 is 24.1 Å². The molecule has 4 N–H and O–H groups in total. The predicted molar refractivity (Wildman–Crippen MR) is 49.9 cm³/mol. The number of anilines is 1. The number of hydrogen-bond acceptors (Lipinski definition) is 6. The first-order chi connectivity index (χ1) is 7.09. The number of hydrogen-bond donors (Lipinski definition) is 3. The average Bonchev–Trinajstić information content (AvgIpc) is 2.49. The number of rotatable bonds is 1. The molecule has 7 heteroatoms. The molecule has 0 aromatic carbocycles. The van der Waals surface area contributed by atoms with E-state index in [1.807, 2.05) is 0 Å². The van der Waals surface area contributed by atoms with Crippen molar-refractivity contribution in [3.63, 3.8) is 0 Å². The second-order valence-electron chi connectivity index (χ2n) is 3.32. The fraction of sp³-hybridized carbons (Fsp3) is 0.500. The topological polar surface area (TPSA) is 111 Å². The molecule has 1 aromatic rings. The lowest BCUT2D eigenvalue weighted by Crippen LogP contribution is -2.34. The van der Waals surface area contributed by atoms with Crippen molar-refractivity contribution in [2.75, 3.05) is 12.3 Å². The predicted octanol–water partition coefficient (Wildman–Crippen LogP) is -1.92. The van der Waals surface area contributed by atoms with Crippen LogP contribution in [0, 0.1) is 0 Å². The van der Waals surface area contributed by atoms with Crippen LogP contribution in [-0.2, 0) is 4.74 Å². The normalized spacial score (nSPS) is 30.7. The van der Waals surface area contributed by atoms with Gasteiger partial charge in [-0.05, 0) is 6.07 Å². The number of aromatic nitrogens is 2. The van der Waals surface area contributed by atoms with Crippen LogP contribution in [0.1, 0.15) is 6.23 Å². The third-order valence-corrected chi connectivity index (χ3v) is 2.25. The summed E-state index contributed by atoms with van der Waals surface area (Å²) >= 11 is 0. The van der Waals surface area contributed by atoms with Crippen LogP contribution in [-0.4, -0.2) is 38.6 Å². The molecule has 0 unspecified atom stereocenters. The highest BCUT2D eigenvalue weighted by molar-refractivity contribution is 5.23. The van der Waals surface area contributed by atoms with Crippen LogP contribution < -0.4 is 11.4 Å². The Balaban J connectivity index is 2.34. The molecule has 0 spiro atoms. The highest BCUT2D eigenvalue weighted by atomic mass is 16.5. The van der Waals surface area contributed by atoms with Crippen molar-refractivity contribution < 1.29 is 14.9 Å². The Kier molecular flexibility index (Phi) is 2.43. The number of nitrogens with zero attached hydrogens (tertiary/aromatic N) is 2. The Morgan fingerprint density at radius 3 is 2.87 bits per heavy atom. The van der Waals surface area contributed by atoms with Gasteiger partial charge in [-0.15, -0.1) is 0 Å². The maximum atomic E-state index is 11.4. The zero-order valence-corrected chi connectivity index (χ0v) is 7.78. The van der Waals surface area contributed by atoms with Crippen LogP contribution in [0.4, 0.5) is 5.82 Å². The molecule has 1 fully saturated rings. The van der Waals surface area contributed by atoms with E-state index in [0.717, 1.165) is 4.57 Å². The van der Waals surface area contributed by atoms with Crippen LogP contribution in [0.5, 0.6) is 0 Å². The molecule has 3 atom stereocenters. The van der Waals surface area contributed by atoms with Gasteiger partial charge in [-0.3, -0.25) is 4.57 Å². The molecule has 2 heterocycles. The minimum atomic E-state index is -1.13. The zero-order valence-electron chi connectivity index (χ0n) is 7.78. The molecule has 7 nitrogen and oxygen atoms in total. The molecule has 0 bridgehead atoms. The van der Waals surface area contributed by atoms with E-state index in [0.29, 0.717) is 0 Å². The largest absolute Gasteiger partial charge is 0.388 e. The molecule has 1 aliphatic heterocycles. The highest BCUT2D eigenvalue weighted by Crippen LogP contribution is 2.22. The maximum absolute atomic E-state index is 11.4. The maximum Gasteiger partial charge on any atom is 0.351 e. The molecule has 15 heavy (non-hydrogen) atoms. The fourth-order valence-corrected chi connectivity index (χ4v) is 1.45. The van der Waals surface area contributed by atoms with Gasteiger partial charge in [0, 0.05) is 6.20 Å². The van der Waals surface area contributed by atoms with Gasteiger partial charge in [0.2, 0.25) is 0 Å². The Hall–Kier alpha value is -1.44. The lowest BCUT2D eigenvalue weighted by atomic mass is 10.2. The van der Waals surface area contributed by atoms with Gasteiger partial charge < -0.3 is 20.7 Å². The molecule has 1 saturated heterocycles.